The van der Waals surface area contributed by atoms with Gasteiger partial charge in [-0.2, -0.15) is 8.78 Å². The van der Waals surface area contributed by atoms with E-state index in [1.54, 1.807) is 27.7 Å². The quantitative estimate of drug-likeness (QED) is 0.0887. The van der Waals surface area contributed by atoms with Crippen molar-refractivity contribution in [2.24, 2.45) is 23.7 Å². The van der Waals surface area contributed by atoms with Gasteiger partial charge in [0.2, 0.25) is 23.5 Å². The second kappa shape index (κ2) is 18.7. The summed E-state index contributed by atoms with van der Waals surface area (Å²) >= 11 is 0. The number of carboxylic acids is 1. The lowest BCUT2D eigenvalue weighted by atomic mass is 9.90. The topological polar surface area (TPSA) is 226 Å². The van der Waals surface area contributed by atoms with Crippen LogP contribution in [0.15, 0.2) is 18.6 Å². The molecular formula is C33H47F4N7O8. The SMILES string of the molecule is CCC[C@H](NC(=O)C[C@H]1CCC(F)(F)[C@H]1CNC(=O)[C@@H](NC(=O)[C@@H](NC(=O)c1cnccn1)C(C)C)C(C)C)C(=O)C(F)(F)C(=O)N[C@@H](C)C(=O)O. The molecule has 5 amide bonds. The number of amides is 5. The Kier molecular flexibility index (Phi) is 15.6. The number of alkyl halides is 4. The first-order valence-electron chi connectivity index (χ1n) is 16.9. The van der Waals surface area contributed by atoms with E-state index in [4.69, 9.17) is 5.11 Å². The van der Waals surface area contributed by atoms with E-state index in [1.807, 2.05) is 0 Å². The molecule has 0 radical (unpaired) electrons. The Labute approximate surface area is 298 Å². The molecule has 1 aromatic heterocycles. The van der Waals surface area contributed by atoms with Crippen LogP contribution in [-0.4, -0.2) is 98.9 Å². The fourth-order valence-corrected chi connectivity index (χ4v) is 5.66. The molecule has 6 atom stereocenters. The predicted octanol–water partition coefficient (Wildman–Crippen LogP) is 1.62. The summed E-state index contributed by atoms with van der Waals surface area (Å²) in [5.74, 6) is -20.6. The van der Waals surface area contributed by atoms with Crippen molar-refractivity contribution < 1.29 is 56.2 Å². The molecule has 1 aliphatic rings. The van der Waals surface area contributed by atoms with Gasteiger partial charge in [0.05, 0.1) is 12.2 Å². The van der Waals surface area contributed by atoms with E-state index < -0.39 is 120 Å². The molecule has 0 saturated heterocycles. The second-order valence-corrected chi connectivity index (χ2v) is 13.5. The molecule has 0 unspecified atom stereocenters. The third kappa shape index (κ3) is 11.7. The lowest BCUT2D eigenvalue weighted by molar-refractivity contribution is -0.162. The van der Waals surface area contributed by atoms with Gasteiger partial charge in [0.1, 0.15) is 23.8 Å². The molecular weight excluding hydrogens is 698 g/mol. The summed E-state index contributed by atoms with van der Waals surface area (Å²) < 4.78 is 59.6. The van der Waals surface area contributed by atoms with Gasteiger partial charge in [-0.25, -0.2) is 13.8 Å². The number of nitrogens with zero attached hydrogens (tertiary/aromatic N) is 2. The van der Waals surface area contributed by atoms with E-state index in [-0.39, 0.29) is 25.0 Å². The Morgan fingerprint density at radius 2 is 1.54 bits per heavy atom. The van der Waals surface area contributed by atoms with Crippen LogP contribution >= 0.6 is 0 Å². The molecule has 0 bridgehead atoms. The van der Waals surface area contributed by atoms with Gasteiger partial charge in [-0.05, 0) is 37.5 Å². The molecule has 15 nitrogen and oxygen atoms in total. The standard InChI is InChI=1S/C33H47F4N7O8/c1-7-8-21(26(46)33(36,37)31(52)41-18(6)30(50)51)42-23(45)13-19-9-10-32(34,35)20(19)14-40-28(48)24(16(2)3)44-29(49)25(17(4)5)43-27(47)22-15-38-11-12-39-22/h11-12,15-21,24-25H,7-10,13-14H2,1-6H3,(H,40,48)(H,41,52)(H,42,45)(H,43,47)(H,44,49)(H,50,51)/t18-,19+,20-,21-,24-,25-/m0/s1. The zero-order valence-electron chi connectivity index (χ0n) is 29.8. The van der Waals surface area contributed by atoms with Crippen LogP contribution in [-0.2, 0) is 28.8 Å². The lowest BCUT2D eigenvalue weighted by Crippen LogP contribution is -2.57. The molecule has 19 heteroatoms. The van der Waals surface area contributed by atoms with Crippen LogP contribution < -0.4 is 26.6 Å². The van der Waals surface area contributed by atoms with Crippen LogP contribution in [0.4, 0.5) is 17.6 Å². The zero-order chi connectivity index (χ0) is 39.6. The van der Waals surface area contributed by atoms with Gasteiger partial charge in [0.15, 0.2) is 0 Å². The number of hydrogen-bond donors (Lipinski definition) is 6. The number of hydrogen-bond acceptors (Lipinski definition) is 9. The molecule has 0 aliphatic heterocycles. The molecule has 1 aromatic rings. The van der Waals surface area contributed by atoms with Gasteiger partial charge in [-0.15, -0.1) is 0 Å². The number of aliphatic carboxylic acids is 1. The number of nitrogens with one attached hydrogen (secondary N) is 5. The summed E-state index contributed by atoms with van der Waals surface area (Å²) in [5.41, 5.74) is -0.0414. The highest BCUT2D eigenvalue weighted by molar-refractivity contribution is 6.11. The van der Waals surface area contributed by atoms with Gasteiger partial charge in [0, 0.05) is 37.7 Å². The van der Waals surface area contributed by atoms with Crippen molar-refractivity contribution in [3.05, 3.63) is 24.3 Å². The van der Waals surface area contributed by atoms with E-state index >= 15 is 8.78 Å². The van der Waals surface area contributed by atoms with Gasteiger partial charge in [-0.3, -0.25) is 38.5 Å². The Morgan fingerprint density at radius 1 is 0.923 bits per heavy atom. The van der Waals surface area contributed by atoms with E-state index in [9.17, 15) is 42.3 Å². The molecule has 0 aromatic carbocycles. The highest BCUT2D eigenvalue weighted by atomic mass is 19.3. The molecule has 290 valence electrons. The van der Waals surface area contributed by atoms with Crippen molar-refractivity contribution in [1.82, 2.24) is 36.6 Å². The number of Topliss-reactive ketones (excluding diaryl/α,β-unsaturated/α-hetero) is 1. The summed E-state index contributed by atoms with van der Waals surface area (Å²) in [6.07, 6.45) is 2.21. The minimum Gasteiger partial charge on any atom is -0.480 e. The largest absolute Gasteiger partial charge is 0.480 e. The molecule has 0 spiro atoms. The minimum absolute atomic E-state index is 0.0414. The molecule has 1 aliphatic carbocycles. The zero-order valence-corrected chi connectivity index (χ0v) is 29.8. The number of carboxylic acid groups (broad SMARTS) is 1. The highest BCUT2D eigenvalue weighted by Crippen LogP contribution is 2.45. The molecule has 52 heavy (non-hydrogen) atoms. The lowest BCUT2D eigenvalue weighted by Gasteiger charge is -2.29. The van der Waals surface area contributed by atoms with Crippen LogP contribution in [0, 0.1) is 23.7 Å². The molecule has 1 fully saturated rings. The van der Waals surface area contributed by atoms with Crippen LogP contribution in [0.3, 0.4) is 0 Å². The minimum atomic E-state index is -4.70. The van der Waals surface area contributed by atoms with Crippen molar-refractivity contribution in [3.8, 4) is 0 Å². The smallest absolute Gasteiger partial charge is 0.383 e. The Bertz CT molecular complexity index is 1460. The van der Waals surface area contributed by atoms with Gasteiger partial charge in [-0.1, -0.05) is 41.0 Å². The maximum Gasteiger partial charge on any atom is 0.383 e. The third-order valence-electron chi connectivity index (χ3n) is 8.72. The number of halogens is 4. The van der Waals surface area contributed by atoms with Crippen LogP contribution in [0.25, 0.3) is 0 Å². The first-order valence-corrected chi connectivity index (χ1v) is 16.9. The van der Waals surface area contributed by atoms with Crippen molar-refractivity contribution >= 4 is 41.3 Å². The summed E-state index contributed by atoms with van der Waals surface area (Å²) in [5, 5.41) is 20.1. The first kappa shape index (κ1) is 43.5. The molecule has 2 rings (SSSR count). The van der Waals surface area contributed by atoms with Gasteiger partial charge in [0.25, 0.3) is 17.7 Å². The van der Waals surface area contributed by atoms with Crippen LogP contribution in [0.1, 0.15) is 84.1 Å². The number of rotatable bonds is 19. The van der Waals surface area contributed by atoms with Gasteiger partial charge >= 0.3 is 11.9 Å². The van der Waals surface area contributed by atoms with E-state index in [1.165, 1.54) is 30.8 Å². The molecule has 1 saturated carbocycles. The van der Waals surface area contributed by atoms with Crippen molar-refractivity contribution in [1.29, 1.82) is 0 Å². The summed E-state index contributed by atoms with van der Waals surface area (Å²) in [6, 6.07) is -5.93. The third-order valence-corrected chi connectivity index (χ3v) is 8.72. The van der Waals surface area contributed by atoms with Crippen molar-refractivity contribution in [2.75, 3.05) is 6.54 Å². The van der Waals surface area contributed by atoms with Crippen LogP contribution in [0.2, 0.25) is 0 Å². The maximum atomic E-state index is 15.1. The average molecular weight is 746 g/mol. The predicted molar refractivity (Wildman–Crippen MR) is 176 cm³/mol. The number of carbonyl (C=O) groups is 7. The molecule has 6 N–H and O–H groups in total. The Morgan fingerprint density at radius 3 is 2.08 bits per heavy atom. The first-order chi connectivity index (χ1) is 24.1. The second-order valence-electron chi connectivity index (χ2n) is 13.5. The average Bonchev–Trinajstić information content (AvgIpc) is 3.35. The number of aromatic nitrogens is 2. The van der Waals surface area contributed by atoms with E-state index in [0.717, 1.165) is 6.92 Å². The number of carbonyl (C=O) groups excluding carboxylic acids is 6. The monoisotopic (exact) mass is 745 g/mol. The van der Waals surface area contributed by atoms with E-state index in [0.29, 0.717) is 0 Å². The van der Waals surface area contributed by atoms with Gasteiger partial charge < -0.3 is 31.7 Å². The van der Waals surface area contributed by atoms with Crippen molar-refractivity contribution in [2.45, 2.75) is 110 Å². The fraction of sp³-hybridized carbons (Fsp3) is 0.667. The van der Waals surface area contributed by atoms with Crippen LogP contribution in [0.5, 0.6) is 0 Å². The Balaban J connectivity index is 2.11. The summed E-state index contributed by atoms with van der Waals surface area (Å²) in [7, 11) is 0. The normalized spacial score (nSPS) is 19.2. The summed E-state index contributed by atoms with van der Waals surface area (Å²) in [4.78, 5) is 95.4. The molecule has 1 heterocycles. The number of ketones is 1. The highest BCUT2D eigenvalue weighted by Gasteiger charge is 2.52. The maximum absolute atomic E-state index is 15.1. The van der Waals surface area contributed by atoms with E-state index in [2.05, 4.69) is 31.2 Å². The van der Waals surface area contributed by atoms with Crippen molar-refractivity contribution in [3.63, 3.8) is 0 Å². The summed E-state index contributed by atoms with van der Waals surface area (Å²) in [6.45, 7) is 8.35. The fourth-order valence-electron chi connectivity index (χ4n) is 5.66. The Hall–Kier alpha value is -4.71.